The Balaban J connectivity index is 2.25. The molecule has 0 spiro atoms. The minimum absolute atomic E-state index is 0.434. The SMILES string of the molecule is Cc1cc(CN)cnc1Sc1ccc(F)c(F)c1. The van der Waals surface area contributed by atoms with E-state index < -0.39 is 11.6 Å². The molecule has 2 aromatic rings. The first-order chi connectivity index (χ1) is 8.60. The number of pyridine rings is 1. The Morgan fingerprint density at radius 1 is 1.22 bits per heavy atom. The van der Waals surface area contributed by atoms with Gasteiger partial charge in [-0.1, -0.05) is 17.8 Å². The van der Waals surface area contributed by atoms with E-state index in [0.29, 0.717) is 11.4 Å². The van der Waals surface area contributed by atoms with Gasteiger partial charge in [-0.25, -0.2) is 13.8 Å². The van der Waals surface area contributed by atoms with Crippen LogP contribution in [0.4, 0.5) is 8.78 Å². The molecule has 2 nitrogen and oxygen atoms in total. The first kappa shape index (κ1) is 13.0. The molecule has 5 heteroatoms. The van der Waals surface area contributed by atoms with Gasteiger partial charge in [0, 0.05) is 17.6 Å². The topological polar surface area (TPSA) is 38.9 Å². The summed E-state index contributed by atoms with van der Waals surface area (Å²) >= 11 is 1.30. The third kappa shape index (κ3) is 2.86. The number of benzene rings is 1. The fraction of sp³-hybridized carbons (Fsp3) is 0.154. The van der Waals surface area contributed by atoms with Crippen LogP contribution in [-0.4, -0.2) is 4.98 Å². The Kier molecular flexibility index (Phi) is 3.93. The molecule has 2 N–H and O–H groups in total. The average molecular weight is 266 g/mol. The molecule has 0 aliphatic heterocycles. The number of aryl methyl sites for hydroxylation is 1. The predicted molar refractivity (Wildman–Crippen MR) is 67.3 cm³/mol. The minimum Gasteiger partial charge on any atom is -0.326 e. The molecule has 94 valence electrons. The third-order valence-electron chi connectivity index (χ3n) is 2.43. The Labute approximate surface area is 108 Å². The van der Waals surface area contributed by atoms with Crippen molar-refractivity contribution >= 4 is 11.8 Å². The summed E-state index contributed by atoms with van der Waals surface area (Å²) in [7, 11) is 0. The number of aromatic nitrogens is 1. The van der Waals surface area contributed by atoms with E-state index in [4.69, 9.17) is 5.73 Å². The maximum atomic E-state index is 13.1. The third-order valence-corrected chi connectivity index (χ3v) is 3.54. The van der Waals surface area contributed by atoms with E-state index in [9.17, 15) is 8.78 Å². The summed E-state index contributed by atoms with van der Waals surface area (Å²) in [6.07, 6.45) is 1.69. The van der Waals surface area contributed by atoms with Gasteiger partial charge >= 0.3 is 0 Å². The van der Waals surface area contributed by atoms with Crippen LogP contribution in [0.25, 0.3) is 0 Å². The molecule has 0 atom stereocenters. The van der Waals surface area contributed by atoms with Crippen LogP contribution in [0, 0.1) is 18.6 Å². The lowest BCUT2D eigenvalue weighted by Crippen LogP contribution is -1.98. The normalized spacial score (nSPS) is 10.7. The van der Waals surface area contributed by atoms with Crippen molar-refractivity contribution in [1.82, 2.24) is 4.98 Å². The number of rotatable bonds is 3. The van der Waals surface area contributed by atoms with Gasteiger partial charge in [0.15, 0.2) is 11.6 Å². The molecule has 0 aliphatic carbocycles. The van der Waals surface area contributed by atoms with Crippen molar-refractivity contribution in [2.24, 2.45) is 5.73 Å². The second-order valence-corrected chi connectivity index (χ2v) is 4.91. The van der Waals surface area contributed by atoms with Gasteiger partial charge in [0.25, 0.3) is 0 Å². The molecule has 1 heterocycles. The highest BCUT2D eigenvalue weighted by atomic mass is 32.2. The second-order valence-electron chi connectivity index (χ2n) is 3.85. The Hall–Kier alpha value is -1.46. The van der Waals surface area contributed by atoms with Crippen LogP contribution in [0.15, 0.2) is 40.4 Å². The summed E-state index contributed by atoms with van der Waals surface area (Å²) in [4.78, 5) is 4.88. The maximum absolute atomic E-state index is 13.1. The molecule has 0 bridgehead atoms. The lowest BCUT2D eigenvalue weighted by atomic mass is 10.2. The van der Waals surface area contributed by atoms with Gasteiger partial charge in [-0.15, -0.1) is 0 Å². The summed E-state index contributed by atoms with van der Waals surface area (Å²) in [6, 6.07) is 5.75. The first-order valence-electron chi connectivity index (χ1n) is 5.38. The molecule has 0 saturated carbocycles. The highest BCUT2D eigenvalue weighted by Gasteiger charge is 2.07. The standard InChI is InChI=1S/C13H12F2N2S/c1-8-4-9(6-16)7-17-13(8)18-10-2-3-11(14)12(15)5-10/h2-5,7H,6,16H2,1H3. The minimum atomic E-state index is -0.851. The van der Waals surface area contributed by atoms with Crippen LogP contribution in [0.1, 0.15) is 11.1 Å². The van der Waals surface area contributed by atoms with E-state index in [1.54, 1.807) is 6.20 Å². The summed E-state index contributed by atoms with van der Waals surface area (Å²) in [5, 5.41) is 0.762. The van der Waals surface area contributed by atoms with E-state index >= 15 is 0 Å². The zero-order valence-electron chi connectivity index (χ0n) is 9.78. The first-order valence-corrected chi connectivity index (χ1v) is 6.20. The molecule has 1 aromatic heterocycles. The van der Waals surface area contributed by atoms with Crippen molar-refractivity contribution in [2.45, 2.75) is 23.4 Å². The molecular formula is C13H12F2N2S. The van der Waals surface area contributed by atoms with E-state index in [-0.39, 0.29) is 0 Å². The van der Waals surface area contributed by atoms with Crippen molar-refractivity contribution in [3.63, 3.8) is 0 Å². The zero-order valence-corrected chi connectivity index (χ0v) is 10.6. The number of halogens is 2. The smallest absolute Gasteiger partial charge is 0.159 e. The van der Waals surface area contributed by atoms with Gasteiger partial charge in [0.1, 0.15) is 5.03 Å². The zero-order chi connectivity index (χ0) is 13.1. The van der Waals surface area contributed by atoms with Crippen LogP contribution < -0.4 is 5.73 Å². The number of nitrogens with zero attached hydrogens (tertiary/aromatic N) is 1. The fourth-order valence-corrected chi connectivity index (χ4v) is 2.34. The molecule has 18 heavy (non-hydrogen) atoms. The lowest BCUT2D eigenvalue weighted by Gasteiger charge is -2.06. The molecule has 0 aliphatic rings. The highest BCUT2D eigenvalue weighted by molar-refractivity contribution is 7.99. The van der Waals surface area contributed by atoms with Crippen molar-refractivity contribution in [2.75, 3.05) is 0 Å². The van der Waals surface area contributed by atoms with Crippen LogP contribution in [0.5, 0.6) is 0 Å². The van der Waals surface area contributed by atoms with E-state index in [1.807, 2.05) is 13.0 Å². The molecule has 0 radical (unpaired) electrons. The fourth-order valence-electron chi connectivity index (χ4n) is 1.49. The quantitative estimate of drug-likeness (QED) is 0.926. The van der Waals surface area contributed by atoms with E-state index in [1.165, 1.54) is 17.8 Å². The van der Waals surface area contributed by atoms with E-state index in [2.05, 4.69) is 4.98 Å². The van der Waals surface area contributed by atoms with Crippen molar-refractivity contribution < 1.29 is 8.78 Å². The van der Waals surface area contributed by atoms with Gasteiger partial charge in [0.05, 0.1) is 0 Å². The summed E-state index contributed by atoms with van der Waals surface area (Å²) < 4.78 is 25.9. The van der Waals surface area contributed by atoms with Crippen molar-refractivity contribution in [3.8, 4) is 0 Å². The number of nitrogens with two attached hydrogens (primary N) is 1. The van der Waals surface area contributed by atoms with Crippen LogP contribution in [0.3, 0.4) is 0 Å². The molecule has 0 unspecified atom stereocenters. The van der Waals surface area contributed by atoms with Crippen LogP contribution in [-0.2, 0) is 6.54 Å². The molecule has 2 rings (SSSR count). The molecule has 1 aromatic carbocycles. The van der Waals surface area contributed by atoms with Gasteiger partial charge < -0.3 is 5.73 Å². The molecular weight excluding hydrogens is 254 g/mol. The van der Waals surface area contributed by atoms with Crippen LogP contribution in [0.2, 0.25) is 0 Å². The molecule has 0 amide bonds. The van der Waals surface area contributed by atoms with Gasteiger partial charge in [-0.3, -0.25) is 0 Å². The highest BCUT2D eigenvalue weighted by Crippen LogP contribution is 2.29. The number of hydrogen-bond donors (Lipinski definition) is 1. The second kappa shape index (κ2) is 5.46. The summed E-state index contributed by atoms with van der Waals surface area (Å²) in [5.74, 6) is -1.70. The van der Waals surface area contributed by atoms with E-state index in [0.717, 1.165) is 28.3 Å². The van der Waals surface area contributed by atoms with Crippen molar-refractivity contribution in [1.29, 1.82) is 0 Å². The monoisotopic (exact) mass is 266 g/mol. The summed E-state index contributed by atoms with van der Waals surface area (Å²) in [6.45, 7) is 2.35. The maximum Gasteiger partial charge on any atom is 0.159 e. The van der Waals surface area contributed by atoms with Crippen molar-refractivity contribution in [3.05, 3.63) is 53.2 Å². The number of hydrogen-bond acceptors (Lipinski definition) is 3. The molecule has 0 fully saturated rings. The predicted octanol–water partition coefficient (Wildman–Crippen LogP) is 3.28. The van der Waals surface area contributed by atoms with Crippen LogP contribution >= 0.6 is 11.8 Å². The van der Waals surface area contributed by atoms with Gasteiger partial charge in [-0.2, -0.15) is 0 Å². The van der Waals surface area contributed by atoms with Gasteiger partial charge in [0.2, 0.25) is 0 Å². The average Bonchev–Trinajstić information content (AvgIpc) is 2.36. The Morgan fingerprint density at radius 3 is 2.61 bits per heavy atom. The molecule has 0 saturated heterocycles. The largest absolute Gasteiger partial charge is 0.326 e. The lowest BCUT2D eigenvalue weighted by molar-refractivity contribution is 0.506. The summed E-state index contributed by atoms with van der Waals surface area (Å²) in [5.41, 5.74) is 7.43. The Morgan fingerprint density at radius 2 is 2.00 bits per heavy atom. The van der Waals surface area contributed by atoms with Gasteiger partial charge in [-0.05, 0) is 36.2 Å². The Bertz CT molecular complexity index is 573.